The summed E-state index contributed by atoms with van der Waals surface area (Å²) in [5.74, 6) is -0.165. The smallest absolute Gasteiger partial charge is 0.244 e. The number of carbonyl (C=O) groups excluding carboxylic acids is 2. The number of nitrogens with one attached hydrogen (secondary N) is 1. The van der Waals surface area contributed by atoms with E-state index in [1.165, 1.54) is 6.08 Å². The molecule has 5 N–H and O–H groups in total. The second-order valence-electron chi connectivity index (χ2n) is 10.3. The fraction of sp³-hybridized carbons (Fsp3) is 0.714. The Morgan fingerprint density at radius 1 is 1.17 bits per heavy atom. The van der Waals surface area contributed by atoms with Crippen molar-refractivity contribution in [2.45, 2.75) is 116 Å². The van der Waals surface area contributed by atoms with Gasteiger partial charge in [0.2, 0.25) is 11.8 Å². The predicted molar refractivity (Wildman–Crippen MR) is 142 cm³/mol. The Kier molecular flexibility index (Phi) is 11.8. The van der Waals surface area contributed by atoms with Crippen LogP contribution >= 0.6 is 0 Å². The number of epoxide rings is 1. The molecule has 2 amide bonds. The van der Waals surface area contributed by atoms with Gasteiger partial charge in [0.1, 0.15) is 0 Å². The van der Waals surface area contributed by atoms with Crippen molar-refractivity contribution in [2.24, 2.45) is 17.4 Å². The molecule has 8 heteroatoms. The van der Waals surface area contributed by atoms with Crippen LogP contribution in [0, 0.1) is 5.92 Å². The van der Waals surface area contributed by atoms with Crippen LogP contribution in [-0.4, -0.2) is 60.5 Å². The minimum Gasteiger partial charge on any atom is -0.373 e. The first-order valence-electron chi connectivity index (χ1n) is 13.4. The van der Waals surface area contributed by atoms with E-state index in [1.807, 2.05) is 27.7 Å². The molecule has 0 aromatic carbocycles. The Balaban J connectivity index is 0.00000222. The Bertz CT molecular complexity index is 818. The van der Waals surface area contributed by atoms with E-state index in [0.29, 0.717) is 5.92 Å². The average Bonchev–Trinajstić information content (AvgIpc) is 3.55. The van der Waals surface area contributed by atoms with Gasteiger partial charge in [0, 0.05) is 25.0 Å². The quantitative estimate of drug-likeness (QED) is 0.250. The number of hydrogen-bond donors (Lipinski definition) is 3. The monoisotopic (exact) mass is 505 g/mol. The maximum atomic E-state index is 12.1. The fourth-order valence-corrected chi connectivity index (χ4v) is 4.82. The van der Waals surface area contributed by atoms with Crippen molar-refractivity contribution in [2.75, 3.05) is 6.61 Å². The van der Waals surface area contributed by atoms with Gasteiger partial charge in [0.05, 0.1) is 49.1 Å². The molecule has 0 aliphatic carbocycles. The number of nitrogens with two attached hydrogens (primary N) is 2. The van der Waals surface area contributed by atoms with Crippen molar-refractivity contribution in [3.63, 3.8) is 0 Å². The molecule has 0 saturated carbocycles. The summed E-state index contributed by atoms with van der Waals surface area (Å²) in [4.78, 5) is 23.4. The first-order valence-corrected chi connectivity index (χ1v) is 13.4. The lowest BCUT2D eigenvalue weighted by Gasteiger charge is -2.39. The highest BCUT2D eigenvalue weighted by Crippen LogP contribution is 2.43. The standard InChI is InChI=1S/C26H41N3O5.C2H6/c1-16(5-8-20-13-26(15-32-26)14-21(34-20)12-24(28)30)6-9-23-17(2)11-22(19(4)33-23)29-25(31)10-7-18(3)27;1-2/h5-8,10,17-23H,9,11-15,27H2,1-4H3,(H2,28,30)(H,29,31);1-2H3/b8-5+,10-7+,16-6+;/t17?,18?,19?,20?,21-,22?,23?,26?;/m1./s1. The minimum atomic E-state index is -0.347. The Labute approximate surface area is 216 Å². The van der Waals surface area contributed by atoms with Crippen LogP contribution < -0.4 is 16.8 Å². The third kappa shape index (κ3) is 9.81. The summed E-state index contributed by atoms with van der Waals surface area (Å²) >= 11 is 0. The molecule has 8 nitrogen and oxygen atoms in total. The molecular weight excluding hydrogens is 458 g/mol. The van der Waals surface area contributed by atoms with Crippen LogP contribution in [0.2, 0.25) is 0 Å². The number of rotatable bonds is 9. The Morgan fingerprint density at radius 2 is 1.86 bits per heavy atom. The molecule has 0 aromatic heterocycles. The molecular formula is C28H47N3O5. The molecule has 8 atom stereocenters. The molecule has 0 aromatic rings. The molecule has 3 rings (SSSR count). The maximum Gasteiger partial charge on any atom is 0.244 e. The van der Waals surface area contributed by atoms with E-state index in [1.54, 1.807) is 6.08 Å². The van der Waals surface area contributed by atoms with Gasteiger partial charge in [-0.3, -0.25) is 9.59 Å². The molecule has 36 heavy (non-hydrogen) atoms. The van der Waals surface area contributed by atoms with Gasteiger partial charge in [0.15, 0.2) is 0 Å². The van der Waals surface area contributed by atoms with Crippen molar-refractivity contribution < 1.29 is 23.8 Å². The van der Waals surface area contributed by atoms with Crippen LogP contribution in [-0.2, 0) is 23.8 Å². The highest BCUT2D eigenvalue weighted by atomic mass is 16.6. The average molecular weight is 506 g/mol. The Morgan fingerprint density at radius 3 is 2.47 bits per heavy atom. The molecule has 3 fully saturated rings. The van der Waals surface area contributed by atoms with Crippen LogP contribution in [0.25, 0.3) is 0 Å². The summed E-state index contributed by atoms with van der Waals surface area (Å²) in [6.45, 7) is 12.8. The molecule has 1 spiro atoms. The zero-order valence-electron chi connectivity index (χ0n) is 22.9. The van der Waals surface area contributed by atoms with E-state index < -0.39 is 0 Å². The van der Waals surface area contributed by atoms with Crippen LogP contribution in [0.1, 0.15) is 73.6 Å². The van der Waals surface area contributed by atoms with E-state index in [4.69, 9.17) is 25.7 Å². The number of carbonyl (C=O) groups is 2. The minimum absolute atomic E-state index is 0.0183. The van der Waals surface area contributed by atoms with Gasteiger partial charge in [-0.05, 0) is 39.5 Å². The summed E-state index contributed by atoms with van der Waals surface area (Å²) in [5, 5.41) is 3.04. The third-order valence-corrected chi connectivity index (χ3v) is 6.86. The number of allylic oxidation sites excluding steroid dienone is 2. The van der Waals surface area contributed by atoms with Gasteiger partial charge in [0.25, 0.3) is 0 Å². The van der Waals surface area contributed by atoms with Crippen molar-refractivity contribution >= 4 is 11.8 Å². The zero-order chi connectivity index (χ0) is 26.9. The topological polar surface area (TPSA) is 129 Å². The van der Waals surface area contributed by atoms with Crippen LogP contribution in [0.3, 0.4) is 0 Å². The van der Waals surface area contributed by atoms with Gasteiger partial charge in [-0.25, -0.2) is 0 Å². The number of amides is 2. The summed E-state index contributed by atoms with van der Waals surface area (Å²) in [6.07, 6.45) is 12.7. The van der Waals surface area contributed by atoms with Crippen molar-refractivity contribution in [3.05, 3.63) is 36.0 Å². The summed E-state index contributed by atoms with van der Waals surface area (Å²) in [6, 6.07) is -0.169. The second kappa shape index (κ2) is 14.1. The molecule has 7 unspecified atom stereocenters. The zero-order valence-corrected chi connectivity index (χ0v) is 22.9. The fourth-order valence-electron chi connectivity index (χ4n) is 4.82. The highest BCUT2D eigenvalue weighted by molar-refractivity contribution is 5.87. The molecule has 3 aliphatic rings. The largest absolute Gasteiger partial charge is 0.373 e. The van der Waals surface area contributed by atoms with Gasteiger partial charge >= 0.3 is 0 Å². The van der Waals surface area contributed by atoms with Gasteiger partial charge in [-0.15, -0.1) is 0 Å². The van der Waals surface area contributed by atoms with E-state index in [0.717, 1.165) is 37.9 Å². The predicted octanol–water partition coefficient (Wildman–Crippen LogP) is 3.30. The van der Waals surface area contributed by atoms with Crippen molar-refractivity contribution in [1.29, 1.82) is 0 Å². The molecule has 3 heterocycles. The summed E-state index contributed by atoms with van der Waals surface area (Å²) < 4.78 is 18.0. The lowest BCUT2D eigenvalue weighted by atomic mass is 9.88. The van der Waals surface area contributed by atoms with Crippen molar-refractivity contribution in [1.82, 2.24) is 5.32 Å². The Hall–Kier alpha value is -2.00. The first kappa shape index (κ1) is 30.2. The molecule has 204 valence electrons. The van der Waals surface area contributed by atoms with Gasteiger partial charge in [-0.1, -0.05) is 50.6 Å². The third-order valence-electron chi connectivity index (χ3n) is 6.86. The molecule has 0 radical (unpaired) electrons. The lowest BCUT2D eigenvalue weighted by molar-refractivity contribution is -0.125. The molecule has 0 bridgehead atoms. The maximum absolute atomic E-state index is 12.1. The number of hydrogen-bond acceptors (Lipinski definition) is 6. The molecule has 3 saturated heterocycles. The SMILES string of the molecule is CC.CC(/C=C/C1CC2(CO2)C[C@@H](CC(N)=O)O1)=C\CC1OC(C)C(NC(=O)/C=C/C(C)N)CC1C. The lowest BCUT2D eigenvalue weighted by Crippen LogP contribution is -2.50. The highest BCUT2D eigenvalue weighted by Gasteiger charge is 2.51. The van der Waals surface area contributed by atoms with Gasteiger partial charge < -0.3 is 31.0 Å². The second-order valence-corrected chi connectivity index (χ2v) is 10.3. The van der Waals surface area contributed by atoms with Gasteiger partial charge in [-0.2, -0.15) is 0 Å². The van der Waals surface area contributed by atoms with Crippen LogP contribution in [0.5, 0.6) is 0 Å². The normalized spacial score (nSPS) is 35.4. The van der Waals surface area contributed by atoms with Crippen LogP contribution in [0.4, 0.5) is 0 Å². The van der Waals surface area contributed by atoms with E-state index in [-0.39, 0.29) is 60.3 Å². The summed E-state index contributed by atoms with van der Waals surface area (Å²) in [5.41, 5.74) is 12.0. The van der Waals surface area contributed by atoms with E-state index in [9.17, 15) is 9.59 Å². The number of primary amides is 1. The summed E-state index contributed by atoms with van der Waals surface area (Å²) in [7, 11) is 0. The number of ether oxygens (including phenoxy) is 3. The van der Waals surface area contributed by atoms with Crippen LogP contribution in [0.15, 0.2) is 36.0 Å². The van der Waals surface area contributed by atoms with E-state index in [2.05, 4.69) is 37.4 Å². The first-order chi connectivity index (χ1) is 17.0. The molecule has 3 aliphatic heterocycles. The van der Waals surface area contributed by atoms with Crippen molar-refractivity contribution in [3.8, 4) is 0 Å². The van der Waals surface area contributed by atoms with E-state index >= 15 is 0 Å².